The van der Waals surface area contributed by atoms with Crippen molar-refractivity contribution in [3.63, 3.8) is 0 Å². The van der Waals surface area contributed by atoms with E-state index in [1.165, 1.54) is 5.69 Å². The lowest BCUT2D eigenvalue weighted by molar-refractivity contribution is 0.247. The molecule has 0 amide bonds. The predicted octanol–water partition coefficient (Wildman–Crippen LogP) is 1.75. The van der Waals surface area contributed by atoms with Crippen LogP contribution in [0.4, 0.5) is 11.5 Å². The second-order valence-corrected chi connectivity index (χ2v) is 7.09. The fourth-order valence-corrected chi connectivity index (χ4v) is 3.53. The van der Waals surface area contributed by atoms with Crippen LogP contribution in [0.15, 0.2) is 37.1 Å². The Bertz CT molecular complexity index is 894. The number of anilines is 2. The summed E-state index contributed by atoms with van der Waals surface area (Å²) in [5, 5.41) is 1.10. The fourth-order valence-electron chi connectivity index (χ4n) is 3.53. The van der Waals surface area contributed by atoms with Crippen LogP contribution in [0.5, 0.6) is 0 Å². The lowest BCUT2D eigenvalue weighted by atomic mass is 10.1. The van der Waals surface area contributed by atoms with Gasteiger partial charge in [-0.15, -0.1) is 0 Å². The lowest BCUT2D eigenvalue weighted by Gasteiger charge is -2.36. The van der Waals surface area contributed by atoms with Crippen molar-refractivity contribution in [3.8, 4) is 0 Å². The molecule has 3 aromatic rings. The molecule has 3 heterocycles. The van der Waals surface area contributed by atoms with Crippen molar-refractivity contribution in [1.29, 1.82) is 0 Å². The topological polar surface area (TPSA) is 53.3 Å². The highest BCUT2D eigenvalue weighted by atomic mass is 15.3. The zero-order chi connectivity index (χ0) is 18.1. The minimum atomic E-state index is 0.922. The third-order valence-electron chi connectivity index (χ3n) is 4.90. The Hall–Kier alpha value is -2.67. The van der Waals surface area contributed by atoms with E-state index in [9.17, 15) is 0 Å². The number of imidazole rings is 1. The number of hydrogen-bond donors (Lipinski definition) is 0. The van der Waals surface area contributed by atoms with Crippen LogP contribution < -0.4 is 9.80 Å². The second-order valence-electron chi connectivity index (χ2n) is 7.09. The van der Waals surface area contributed by atoms with E-state index in [1.54, 1.807) is 6.33 Å². The summed E-state index contributed by atoms with van der Waals surface area (Å²) in [6.45, 7) is 5.04. The van der Waals surface area contributed by atoms with Gasteiger partial charge in [0.25, 0.3) is 0 Å². The molecule has 1 aromatic carbocycles. The van der Waals surface area contributed by atoms with Gasteiger partial charge in [-0.1, -0.05) is 0 Å². The minimum Gasteiger partial charge on any atom is -0.369 e. The summed E-state index contributed by atoms with van der Waals surface area (Å²) in [6, 6.07) is 6.49. The first kappa shape index (κ1) is 16.8. The van der Waals surface area contributed by atoms with Gasteiger partial charge in [-0.3, -0.25) is 4.90 Å². The highest BCUT2D eigenvalue weighted by Gasteiger charge is 2.19. The van der Waals surface area contributed by atoms with Crippen LogP contribution >= 0.6 is 0 Å². The van der Waals surface area contributed by atoms with Crippen LogP contribution in [-0.2, 0) is 13.6 Å². The van der Waals surface area contributed by atoms with Crippen molar-refractivity contribution >= 4 is 22.4 Å². The first-order valence-corrected chi connectivity index (χ1v) is 8.96. The third-order valence-corrected chi connectivity index (χ3v) is 4.90. The van der Waals surface area contributed by atoms with Crippen molar-refractivity contribution in [1.82, 2.24) is 24.4 Å². The average Bonchev–Trinajstić information content (AvgIpc) is 3.06. The highest BCUT2D eigenvalue weighted by molar-refractivity contribution is 5.91. The predicted molar refractivity (Wildman–Crippen MR) is 105 cm³/mol. The van der Waals surface area contributed by atoms with E-state index in [4.69, 9.17) is 0 Å². The van der Waals surface area contributed by atoms with Crippen molar-refractivity contribution in [2.24, 2.45) is 7.05 Å². The molecule has 7 heteroatoms. The van der Waals surface area contributed by atoms with Crippen LogP contribution in [0.25, 0.3) is 10.9 Å². The van der Waals surface area contributed by atoms with Crippen molar-refractivity contribution < 1.29 is 0 Å². The van der Waals surface area contributed by atoms with Crippen molar-refractivity contribution in [2.75, 3.05) is 50.1 Å². The molecule has 0 bridgehead atoms. The fraction of sp³-hybridized carbons (Fsp3) is 0.421. The van der Waals surface area contributed by atoms with Crippen LogP contribution in [0, 0.1) is 0 Å². The van der Waals surface area contributed by atoms with E-state index in [-0.39, 0.29) is 0 Å². The molecule has 0 saturated carbocycles. The minimum absolute atomic E-state index is 0.922. The molecule has 1 aliphatic rings. The molecule has 4 rings (SSSR count). The standard InChI is InChI=1S/C19H25N7/c1-23(2)19-17-10-16(4-5-18(17)20-13-21-19)26-8-6-25(7-9-26)12-15-11-24(3)14-22-15/h4-5,10-11,13-14H,6-9,12H2,1-3H3. The number of nitrogens with zero attached hydrogens (tertiary/aromatic N) is 7. The molecule has 1 saturated heterocycles. The average molecular weight is 351 g/mol. The van der Waals surface area contributed by atoms with Gasteiger partial charge in [0.05, 0.1) is 17.5 Å². The maximum Gasteiger partial charge on any atom is 0.139 e. The van der Waals surface area contributed by atoms with E-state index >= 15 is 0 Å². The Balaban J connectivity index is 1.48. The first-order chi connectivity index (χ1) is 12.6. The maximum absolute atomic E-state index is 4.44. The van der Waals surface area contributed by atoms with Crippen LogP contribution in [-0.4, -0.2) is 64.7 Å². The number of aryl methyl sites for hydroxylation is 1. The van der Waals surface area contributed by atoms with Crippen molar-refractivity contribution in [2.45, 2.75) is 6.54 Å². The molecule has 1 aliphatic heterocycles. The first-order valence-electron chi connectivity index (χ1n) is 8.96. The molecule has 136 valence electrons. The summed E-state index contributed by atoms with van der Waals surface area (Å²) in [5.74, 6) is 0.964. The van der Waals surface area contributed by atoms with E-state index < -0.39 is 0 Å². The van der Waals surface area contributed by atoms with E-state index in [2.05, 4.69) is 49.1 Å². The summed E-state index contributed by atoms with van der Waals surface area (Å²) in [7, 11) is 6.05. The number of benzene rings is 1. The molecule has 0 radical (unpaired) electrons. The number of rotatable bonds is 4. The molecule has 0 atom stereocenters. The molecule has 0 unspecified atom stereocenters. The van der Waals surface area contributed by atoms with Gasteiger partial charge in [-0.25, -0.2) is 15.0 Å². The molecule has 7 nitrogen and oxygen atoms in total. The van der Waals surface area contributed by atoms with Gasteiger partial charge in [-0.2, -0.15) is 0 Å². The Labute approximate surface area is 153 Å². The zero-order valence-corrected chi connectivity index (χ0v) is 15.6. The molecule has 26 heavy (non-hydrogen) atoms. The number of fused-ring (bicyclic) bond motifs is 1. The van der Waals surface area contributed by atoms with Gasteiger partial charge in [0, 0.05) is 71.1 Å². The van der Waals surface area contributed by atoms with Gasteiger partial charge < -0.3 is 14.4 Å². The largest absolute Gasteiger partial charge is 0.369 e. The van der Waals surface area contributed by atoms with Gasteiger partial charge in [0.15, 0.2) is 0 Å². The van der Waals surface area contributed by atoms with Gasteiger partial charge >= 0.3 is 0 Å². The van der Waals surface area contributed by atoms with E-state index in [0.29, 0.717) is 0 Å². The summed E-state index contributed by atoms with van der Waals surface area (Å²) >= 11 is 0. The lowest BCUT2D eigenvalue weighted by Crippen LogP contribution is -2.46. The summed E-state index contributed by atoms with van der Waals surface area (Å²) in [4.78, 5) is 20.2. The molecular weight excluding hydrogens is 326 g/mol. The quantitative estimate of drug-likeness (QED) is 0.714. The summed E-state index contributed by atoms with van der Waals surface area (Å²) in [5.41, 5.74) is 3.37. The van der Waals surface area contributed by atoms with Gasteiger partial charge in [-0.05, 0) is 18.2 Å². The Kier molecular flexibility index (Phi) is 4.46. The number of aromatic nitrogens is 4. The van der Waals surface area contributed by atoms with Crippen LogP contribution in [0.3, 0.4) is 0 Å². The summed E-state index contributed by atoms with van der Waals surface area (Å²) in [6.07, 6.45) is 5.59. The SMILES string of the molecule is CN(C)c1ncnc2ccc(N3CCN(Cc4cn(C)cn4)CC3)cc12. The maximum atomic E-state index is 4.44. The van der Waals surface area contributed by atoms with Crippen molar-refractivity contribution in [3.05, 3.63) is 42.7 Å². The zero-order valence-electron chi connectivity index (χ0n) is 15.6. The second kappa shape index (κ2) is 6.92. The Morgan fingerprint density at radius 2 is 1.85 bits per heavy atom. The van der Waals surface area contributed by atoms with Crippen LogP contribution in [0.2, 0.25) is 0 Å². The monoisotopic (exact) mass is 351 g/mol. The van der Waals surface area contributed by atoms with E-state index in [1.807, 2.05) is 36.9 Å². The Morgan fingerprint density at radius 3 is 2.54 bits per heavy atom. The molecule has 1 fully saturated rings. The summed E-state index contributed by atoms with van der Waals surface area (Å²) < 4.78 is 2.01. The molecule has 0 spiro atoms. The van der Waals surface area contributed by atoms with E-state index in [0.717, 1.165) is 55.1 Å². The molecule has 0 N–H and O–H groups in total. The van der Waals surface area contributed by atoms with Gasteiger partial charge in [0.2, 0.25) is 0 Å². The number of hydrogen-bond acceptors (Lipinski definition) is 6. The molecular formula is C19H25N7. The third kappa shape index (κ3) is 3.35. The van der Waals surface area contributed by atoms with Crippen LogP contribution in [0.1, 0.15) is 5.69 Å². The molecule has 2 aromatic heterocycles. The Morgan fingerprint density at radius 1 is 1.04 bits per heavy atom. The highest BCUT2D eigenvalue weighted by Crippen LogP contribution is 2.27. The smallest absolute Gasteiger partial charge is 0.139 e. The van der Waals surface area contributed by atoms with Gasteiger partial charge in [0.1, 0.15) is 12.1 Å². The molecule has 0 aliphatic carbocycles. The normalized spacial score (nSPS) is 15.6. The number of piperazine rings is 1.